The van der Waals surface area contributed by atoms with Crippen LogP contribution in [0.15, 0.2) is 24.3 Å². The van der Waals surface area contributed by atoms with E-state index in [9.17, 15) is 9.59 Å². The van der Waals surface area contributed by atoms with E-state index < -0.39 is 0 Å². The molecule has 2 amide bonds. The summed E-state index contributed by atoms with van der Waals surface area (Å²) < 4.78 is 0. The summed E-state index contributed by atoms with van der Waals surface area (Å²) in [5, 5.41) is 3.34. The first kappa shape index (κ1) is 14.3. The van der Waals surface area contributed by atoms with Gasteiger partial charge in [0.15, 0.2) is 0 Å². The minimum atomic E-state index is -0.336. The number of rotatable bonds is 5. The van der Waals surface area contributed by atoms with Crippen LogP contribution in [0.1, 0.15) is 37.3 Å². The molecule has 1 N–H and O–H groups in total. The summed E-state index contributed by atoms with van der Waals surface area (Å²) in [5.41, 5.74) is 2.55. The van der Waals surface area contributed by atoms with Gasteiger partial charge in [0.1, 0.15) is 0 Å². The van der Waals surface area contributed by atoms with Crippen molar-refractivity contribution in [3.8, 4) is 0 Å². The zero-order chi connectivity index (χ0) is 15.0. The van der Waals surface area contributed by atoms with E-state index >= 15 is 0 Å². The molecule has 112 valence electrons. The third-order valence-corrected chi connectivity index (χ3v) is 4.37. The van der Waals surface area contributed by atoms with E-state index in [0.29, 0.717) is 6.42 Å². The molecule has 2 aliphatic rings. The molecule has 0 radical (unpaired) electrons. The highest BCUT2D eigenvalue weighted by atomic mass is 16.2. The van der Waals surface area contributed by atoms with Crippen molar-refractivity contribution in [3.05, 3.63) is 35.4 Å². The molecule has 0 aromatic heterocycles. The number of nitrogens with zero attached hydrogens (tertiary/aromatic N) is 1. The van der Waals surface area contributed by atoms with Gasteiger partial charge in [-0.3, -0.25) is 14.5 Å². The molecule has 4 heteroatoms. The number of aryl methyl sites for hydroxylation is 1. The molecule has 1 saturated heterocycles. The van der Waals surface area contributed by atoms with Crippen LogP contribution in [-0.2, 0) is 16.0 Å². The lowest BCUT2D eigenvalue weighted by molar-refractivity contribution is -0.139. The Labute approximate surface area is 125 Å². The lowest BCUT2D eigenvalue weighted by Gasteiger charge is -2.19. The molecule has 1 heterocycles. The van der Waals surface area contributed by atoms with Crippen LogP contribution in [0.5, 0.6) is 0 Å². The molecule has 1 aromatic carbocycles. The Hall–Kier alpha value is -1.68. The van der Waals surface area contributed by atoms with Gasteiger partial charge >= 0.3 is 0 Å². The lowest BCUT2D eigenvalue weighted by atomic mass is 10.0. The van der Waals surface area contributed by atoms with Crippen molar-refractivity contribution in [3.63, 3.8) is 0 Å². The van der Waals surface area contributed by atoms with Crippen LogP contribution >= 0.6 is 0 Å². The van der Waals surface area contributed by atoms with Gasteiger partial charge in [-0.15, -0.1) is 0 Å². The average Bonchev–Trinajstić information content (AvgIpc) is 3.21. The van der Waals surface area contributed by atoms with Gasteiger partial charge in [-0.05, 0) is 44.2 Å². The summed E-state index contributed by atoms with van der Waals surface area (Å²) in [6, 6.07) is 8.30. The molecule has 1 saturated carbocycles. The molecule has 3 rings (SSSR count). The highest BCUT2D eigenvalue weighted by Crippen LogP contribution is 2.31. The Morgan fingerprint density at radius 2 is 2.00 bits per heavy atom. The number of imide groups is 1. The summed E-state index contributed by atoms with van der Waals surface area (Å²) in [6.07, 6.45) is 3.13. The molecule has 1 aliphatic carbocycles. The van der Waals surface area contributed by atoms with Crippen LogP contribution in [0.25, 0.3) is 0 Å². The zero-order valence-corrected chi connectivity index (χ0v) is 12.6. The second-order valence-corrected chi connectivity index (χ2v) is 6.29. The number of amides is 2. The number of hydrogen-bond acceptors (Lipinski definition) is 3. The quantitative estimate of drug-likeness (QED) is 0.840. The van der Waals surface area contributed by atoms with Crippen LogP contribution in [-0.4, -0.2) is 34.8 Å². The van der Waals surface area contributed by atoms with E-state index in [4.69, 9.17) is 0 Å². The summed E-state index contributed by atoms with van der Waals surface area (Å²) in [5.74, 6) is -0.0396. The van der Waals surface area contributed by atoms with Crippen molar-refractivity contribution in [1.29, 1.82) is 0 Å². The molecule has 2 atom stereocenters. The second-order valence-electron chi connectivity index (χ2n) is 6.29. The summed E-state index contributed by atoms with van der Waals surface area (Å²) >= 11 is 0. The van der Waals surface area contributed by atoms with Crippen LogP contribution in [0.4, 0.5) is 0 Å². The second kappa shape index (κ2) is 5.60. The molecule has 21 heavy (non-hydrogen) atoms. The van der Waals surface area contributed by atoms with Gasteiger partial charge in [0.25, 0.3) is 0 Å². The minimum absolute atomic E-state index is 0.0110. The third kappa shape index (κ3) is 3.00. The Morgan fingerprint density at radius 3 is 2.67 bits per heavy atom. The number of carbonyl (C=O) groups is 2. The standard InChI is InChI=1S/C17H22N2O2/c1-11-5-3-4-6-13(11)9-12(2)18-15-10-16(20)19(17(15)21)14-7-8-14/h3-6,12,14-15,18H,7-10H2,1-2H3. The molecule has 0 spiro atoms. The molecule has 1 aromatic rings. The van der Waals surface area contributed by atoms with Gasteiger partial charge in [0, 0.05) is 12.1 Å². The molecule has 0 bridgehead atoms. The fraction of sp³-hybridized carbons (Fsp3) is 0.529. The van der Waals surface area contributed by atoms with Crippen molar-refractivity contribution in [1.82, 2.24) is 10.2 Å². The molecule has 2 unspecified atom stereocenters. The summed E-state index contributed by atoms with van der Waals surface area (Å²) in [4.78, 5) is 25.7. The zero-order valence-electron chi connectivity index (χ0n) is 12.6. The largest absolute Gasteiger partial charge is 0.303 e. The number of benzene rings is 1. The van der Waals surface area contributed by atoms with Crippen LogP contribution < -0.4 is 5.32 Å². The average molecular weight is 286 g/mol. The van der Waals surface area contributed by atoms with Crippen molar-refractivity contribution >= 4 is 11.8 Å². The van der Waals surface area contributed by atoms with Crippen molar-refractivity contribution in [2.45, 2.75) is 57.7 Å². The Bertz CT molecular complexity index is 566. The molecule has 1 aliphatic heterocycles. The maximum Gasteiger partial charge on any atom is 0.247 e. The lowest BCUT2D eigenvalue weighted by Crippen LogP contribution is -2.44. The van der Waals surface area contributed by atoms with Crippen LogP contribution in [0.3, 0.4) is 0 Å². The van der Waals surface area contributed by atoms with E-state index in [1.807, 2.05) is 12.1 Å². The van der Waals surface area contributed by atoms with Gasteiger partial charge in [-0.25, -0.2) is 0 Å². The first-order valence-electron chi connectivity index (χ1n) is 7.72. The van der Waals surface area contributed by atoms with Crippen molar-refractivity contribution in [2.24, 2.45) is 0 Å². The predicted molar refractivity (Wildman–Crippen MR) is 80.8 cm³/mol. The minimum Gasteiger partial charge on any atom is -0.303 e. The maximum atomic E-state index is 12.3. The van der Waals surface area contributed by atoms with Crippen molar-refractivity contribution < 1.29 is 9.59 Å². The third-order valence-electron chi connectivity index (χ3n) is 4.37. The Balaban J connectivity index is 1.60. The van der Waals surface area contributed by atoms with E-state index in [1.165, 1.54) is 16.0 Å². The van der Waals surface area contributed by atoms with Gasteiger partial charge in [0.05, 0.1) is 12.5 Å². The van der Waals surface area contributed by atoms with E-state index in [0.717, 1.165) is 19.3 Å². The predicted octanol–water partition coefficient (Wildman–Crippen LogP) is 1.81. The highest BCUT2D eigenvalue weighted by molar-refractivity contribution is 6.06. The number of carbonyl (C=O) groups excluding carboxylic acids is 2. The first-order valence-corrected chi connectivity index (χ1v) is 7.72. The van der Waals surface area contributed by atoms with Gasteiger partial charge in [-0.2, -0.15) is 0 Å². The topological polar surface area (TPSA) is 49.4 Å². The molecule has 2 fully saturated rings. The monoisotopic (exact) mass is 286 g/mol. The maximum absolute atomic E-state index is 12.3. The van der Waals surface area contributed by atoms with Gasteiger partial charge in [0.2, 0.25) is 11.8 Å². The molecule has 4 nitrogen and oxygen atoms in total. The highest BCUT2D eigenvalue weighted by Gasteiger charge is 2.46. The van der Waals surface area contributed by atoms with E-state index in [2.05, 4.69) is 31.3 Å². The van der Waals surface area contributed by atoms with Gasteiger partial charge in [-0.1, -0.05) is 24.3 Å². The smallest absolute Gasteiger partial charge is 0.247 e. The fourth-order valence-corrected chi connectivity index (χ4v) is 3.07. The Morgan fingerprint density at radius 1 is 1.29 bits per heavy atom. The van der Waals surface area contributed by atoms with Crippen molar-refractivity contribution in [2.75, 3.05) is 0 Å². The van der Waals surface area contributed by atoms with Crippen LogP contribution in [0, 0.1) is 6.92 Å². The summed E-state index contributed by atoms with van der Waals surface area (Å²) in [6.45, 7) is 4.17. The summed E-state index contributed by atoms with van der Waals surface area (Å²) in [7, 11) is 0. The number of likely N-dealkylation sites (tertiary alicyclic amines) is 1. The molecular formula is C17H22N2O2. The SMILES string of the molecule is Cc1ccccc1CC(C)NC1CC(=O)N(C2CC2)C1=O. The first-order chi connectivity index (χ1) is 10.1. The molecular weight excluding hydrogens is 264 g/mol. The number of nitrogens with one attached hydrogen (secondary N) is 1. The Kier molecular flexibility index (Phi) is 3.81. The van der Waals surface area contributed by atoms with Crippen LogP contribution in [0.2, 0.25) is 0 Å². The van der Waals surface area contributed by atoms with E-state index in [1.54, 1.807) is 0 Å². The normalized spacial score (nSPS) is 23.7. The van der Waals surface area contributed by atoms with E-state index in [-0.39, 0.29) is 29.9 Å². The number of hydrogen-bond donors (Lipinski definition) is 1. The van der Waals surface area contributed by atoms with Gasteiger partial charge < -0.3 is 5.32 Å². The fourth-order valence-electron chi connectivity index (χ4n) is 3.07.